The van der Waals surface area contributed by atoms with E-state index in [0.29, 0.717) is 19.3 Å². The van der Waals surface area contributed by atoms with Gasteiger partial charge in [-0.25, -0.2) is 0 Å². The Kier molecular flexibility index (Phi) is 47.3. The second-order valence-electron chi connectivity index (χ2n) is 10.1. The third kappa shape index (κ3) is 56.5. The second-order valence-corrected chi connectivity index (χ2v) is 10.1. The van der Waals surface area contributed by atoms with Gasteiger partial charge in [0.1, 0.15) is 0 Å². The largest absolute Gasteiger partial charge is 0.481 e. The lowest BCUT2D eigenvalue weighted by molar-refractivity contribution is -0.138. The van der Waals surface area contributed by atoms with E-state index in [4.69, 9.17) is 30.6 Å². The highest BCUT2D eigenvalue weighted by Crippen LogP contribution is 2.08. The lowest BCUT2D eigenvalue weighted by atomic mass is 10.1. The molecule has 0 aromatic rings. The second kappa shape index (κ2) is 41.8. The number of aliphatic hydroxyl groups excluding tert-OH is 3. The van der Waals surface area contributed by atoms with Crippen molar-refractivity contribution >= 4 is 17.9 Å². The molecule has 0 fully saturated rings. The monoisotopic (exact) mass is 580 g/mol. The van der Waals surface area contributed by atoms with E-state index in [0.717, 1.165) is 38.5 Å². The zero-order chi connectivity index (χ0) is 31.3. The van der Waals surface area contributed by atoms with Crippen LogP contribution in [0.15, 0.2) is 0 Å². The molecular formula is C31H64O9. The van der Waals surface area contributed by atoms with Crippen molar-refractivity contribution in [1.29, 1.82) is 0 Å². The van der Waals surface area contributed by atoms with Crippen LogP contribution < -0.4 is 0 Å². The summed E-state index contributed by atoms with van der Waals surface area (Å²) in [5, 5.41) is 49.6. The van der Waals surface area contributed by atoms with Gasteiger partial charge in [-0.2, -0.15) is 0 Å². The predicted octanol–water partition coefficient (Wildman–Crippen LogP) is 7.04. The minimum atomic E-state index is -0.666. The summed E-state index contributed by atoms with van der Waals surface area (Å²) < 4.78 is 0. The molecule has 0 unspecified atom stereocenters. The van der Waals surface area contributed by atoms with Crippen molar-refractivity contribution in [1.82, 2.24) is 0 Å². The van der Waals surface area contributed by atoms with Crippen LogP contribution in [0, 0.1) is 5.92 Å². The first kappa shape index (κ1) is 45.3. The first-order valence-corrected chi connectivity index (χ1v) is 15.6. The third-order valence-electron chi connectivity index (χ3n) is 6.01. The fourth-order valence-corrected chi connectivity index (χ4v) is 3.34. The molecule has 0 saturated carbocycles. The number of carboxylic acid groups (broad SMARTS) is 3. The highest BCUT2D eigenvalue weighted by molar-refractivity contribution is 5.67. The molecule has 0 saturated heterocycles. The average Bonchev–Trinajstić information content (AvgIpc) is 2.92. The standard InChI is InChI=1S/3C9H18O2.C4H10O3/c3*1-2-3-4-5-6-7-8-9(10)11;5-1-4(2-6)3-7/h3*2-8H2,1H3,(H,10,11);4-7H,1-3H2. The maximum Gasteiger partial charge on any atom is 0.303 e. The Morgan fingerprint density at radius 1 is 0.400 bits per heavy atom. The average molecular weight is 581 g/mol. The molecule has 242 valence electrons. The number of carbonyl (C=O) groups is 3. The van der Waals surface area contributed by atoms with E-state index >= 15 is 0 Å². The molecule has 9 nitrogen and oxygen atoms in total. The van der Waals surface area contributed by atoms with Crippen molar-refractivity contribution in [3.8, 4) is 0 Å². The molecule has 0 atom stereocenters. The number of carboxylic acids is 3. The van der Waals surface area contributed by atoms with Crippen molar-refractivity contribution in [3.05, 3.63) is 0 Å². The van der Waals surface area contributed by atoms with Crippen LogP contribution in [0.3, 0.4) is 0 Å². The minimum absolute atomic E-state index is 0.146. The number of aliphatic hydroxyl groups is 3. The molecule has 9 heteroatoms. The highest BCUT2D eigenvalue weighted by atomic mass is 16.4. The quantitative estimate of drug-likeness (QED) is 0.0654. The SMILES string of the molecule is CCCCCCCCC(=O)O.CCCCCCCCC(=O)O.CCCCCCCCC(=O)O.OCC(CO)CO. The van der Waals surface area contributed by atoms with Crippen LogP contribution >= 0.6 is 0 Å². The number of rotatable bonds is 24. The first-order chi connectivity index (χ1) is 19.2. The minimum Gasteiger partial charge on any atom is -0.481 e. The summed E-state index contributed by atoms with van der Waals surface area (Å²) in [4.78, 5) is 30.3. The van der Waals surface area contributed by atoms with E-state index in [1.165, 1.54) is 77.0 Å². The molecule has 0 radical (unpaired) electrons. The van der Waals surface area contributed by atoms with Gasteiger partial charge < -0.3 is 30.6 Å². The van der Waals surface area contributed by atoms with E-state index in [2.05, 4.69) is 20.8 Å². The summed E-state index contributed by atoms with van der Waals surface area (Å²) in [5.74, 6) is -2.35. The topological polar surface area (TPSA) is 173 Å². The Morgan fingerprint density at radius 2 is 0.600 bits per heavy atom. The zero-order valence-corrected chi connectivity index (χ0v) is 26.0. The summed E-state index contributed by atoms with van der Waals surface area (Å²) >= 11 is 0. The van der Waals surface area contributed by atoms with Gasteiger partial charge in [0.2, 0.25) is 0 Å². The maximum atomic E-state index is 10.1. The van der Waals surface area contributed by atoms with E-state index in [9.17, 15) is 14.4 Å². The summed E-state index contributed by atoms with van der Waals surface area (Å²) in [6, 6.07) is 0. The molecule has 0 rings (SSSR count). The molecule has 0 aliphatic carbocycles. The third-order valence-corrected chi connectivity index (χ3v) is 6.01. The normalized spacial score (nSPS) is 9.97. The smallest absolute Gasteiger partial charge is 0.303 e. The van der Waals surface area contributed by atoms with Crippen LogP contribution in [-0.4, -0.2) is 68.4 Å². The van der Waals surface area contributed by atoms with Crippen molar-refractivity contribution in [3.63, 3.8) is 0 Å². The van der Waals surface area contributed by atoms with Gasteiger partial charge in [-0.15, -0.1) is 0 Å². The van der Waals surface area contributed by atoms with Crippen LogP contribution in [0.2, 0.25) is 0 Å². The van der Waals surface area contributed by atoms with Crippen molar-refractivity contribution in [2.45, 2.75) is 156 Å². The van der Waals surface area contributed by atoms with E-state index in [1.807, 2.05) is 0 Å². The van der Waals surface area contributed by atoms with Gasteiger partial charge in [0, 0.05) is 25.2 Å². The lowest BCUT2D eigenvalue weighted by Crippen LogP contribution is -2.14. The Hall–Kier alpha value is -1.71. The van der Waals surface area contributed by atoms with Gasteiger partial charge in [-0.05, 0) is 19.3 Å². The van der Waals surface area contributed by atoms with Gasteiger partial charge >= 0.3 is 17.9 Å². The molecule has 6 N–H and O–H groups in total. The van der Waals surface area contributed by atoms with Gasteiger partial charge in [0.15, 0.2) is 0 Å². The Labute approximate surface area is 244 Å². The van der Waals surface area contributed by atoms with Crippen LogP contribution in [0.1, 0.15) is 156 Å². The molecule has 0 aromatic carbocycles. The van der Waals surface area contributed by atoms with E-state index < -0.39 is 17.9 Å². The van der Waals surface area contributed by atoms with Crippen LogP contribution in [-0.2, 0) is 14.4 Å². The van der Waals surface area contributed by atoms with Crippen LogP contribution in [0.25, 0.3) is 0 Å². The fraction of sp³-hybridized carbons (Fsp3) is 0.903. The molecule has 0 spiro atoms. The van der Waals surface area contributed by atoms with Crippen LogP contribution in [0.4, 0.5) is 0 Å². The fourth-order valence-electron chi connectivity index (χ4n) is 3.34. The summed E-state index contributed by atoms with van der Waals surface area (Å²) in [5.41, 5.74) is 0. The molecule has 0 aliphatic rings. The highest BCUT2D eigenvalue weighted by Gasteiger charge is 2.00. The first-order valence-electron chi connectivity index (χ1n) is 15.6. The lowest BCUT2D eigenvalue weighted by Gasteiger charge is -2.02. The van der Waals surface area contributed by atoms with Gasteiger partial charge in [0.05, 0.1) is 19.8 Å². The number of unbranched alkanes of at least 4 members (excludes halogenated alkanes) is 15. The van der Waals surface area contributed by atoms with E-state index in [1.54, 1.807) is 0 Å². The molecule has 0 amide bonds. The molecule has 0 aromatic heterocycles. The van der Waals surface area contributed by atoms with Crippen molar-refractivity contribution in [2.75, 3.05) is 19.8 Å². The Bertz CT molecular complexity index is 442. The van der Waals surface area contributed by atoms with E-state index in [-0.39, 0.29) is 25.7 Å². The molecule has 0 aliphatic heterocycles. The Morgan fingerprint density at radius 3 is 0.750 bits per heavy atom. The number of hydrogen-bond donors (Lipinski definition) is 6. The van der Waals surface area contributed by atoms with Crippen molar-refractivity contribution in [2.24, 2.45) is 5.92 Å². The van der Waals surface area contributed by atoms with Gasteiger partial charge in [-0.3, -0.25) is 14.4 Å². The molecular weight excluding hydrogens is 516 g/mol. The van der Waals surface area contributed by atoms with Gasteiger partial charge in [0.25, 0.3) is 0 Å². The summed E-state index contributed by atoms with van der Waals surface area (Å²) in [7, 11) is 0. The molecule has 40 heavy (non-hydrogen) atoms. The number of aliphatic carboxylic acids is 3. The predicted molar refractivity (Wildman–Crippen MR) is 162 cm³/mol. The summed E-state index contributed by atoms with van der Waals surface area (Å²) in [6.45, 7) is 6.10. The molecule has 0 bridgehead atoms. The summed E-state index contributed by atoms with van der Waals surface area (Å²) in [6.07, 6.45) is 21.8. The van der Waals surface area contributed by atoms with Gasteiger partial charge in [-0.1, -0.05) is 117 Å². The zero-order valence-electron chi connectivity index (χ0n) is 26.0. The number of hydrogen-bond acceptors (Lipinski definition) is 6. The molecule has 0 heterocycles. The Balaban J connectivity index is -0.000000219. The van der Waals surface area contributed by atoms with Crippen LogP contribution in [0.5, 0.6) is 0 Å². The van der Waals surface area contributed by atoms with Crippen molar-refractivity contribution < 1.29 is 45.0 Å². The maximum absolute atomic E-state index is 10.1.